The number of para-hydroxylation sites is 1. The van der Waals surface area contributed by atoms with Crippen LogP contribution in [-0.2, 0) is 5.54 Å². The summed E-state index contributed by atoms with van der Waals surface area (Å²) in [5.41, 5.74) is 21.4. The number of pyridine rings is 1. The predicted octanol–water partition coefficient (Wildman–Crippen LogP) is 7.93. The largest absolute Gasteiger partial charge is 0.399 e. The van der Waals surface area contributed by atoms with Gasteiger partial charge >= 0.3 is 0 Å². The molecule has 3 aromatic carbocycles. The number of anilines is 3. The number of aromatic nitrogens is 3. The van der Waals surface area contributed by atoms with Crippen LogP contribution in [0.2, 0.25) is 0 Å². The van der Waals surface area contributed by atoms with Gasteiger partial charge in [-0.05, 0) is 61.2 Å². The molecule has 1 saturated carbocycles. The number of nitrogen functional groups attached to an aromatic ring is 1. The maximum absolute atomic E-state index is 6.63. The lowest BCUT2D eigenvalue weighted by atomic mass is 9.72. The Bertz CT molecular complexity index is 1630. The number of rotatable bonds is 3. The molecule has 0 unspecified atom stereocenters. The Kier molecular flexibility index (Phi) is 9.45. The van der Waals surface area contributed by atoms with Gasteiger partial charge in [0.25, 0.3) is 0 Å². The van der Waals surface area contributed by atoms with Crippen molar-refractivity contribution in [2.45, 2.75) is 24.8 Å². The summed E-state index contributed by atoms with van der Waals surface area (Å²) in [6, 6.07) is 28.9. The van der Waals surface area contributed by atoms with Crippen molar-refractivity contribution in [3.05, 3.63) is 96.7 Å². The minimum atomic E-state index is -0.205. The number of nitrogens with two attached hydrogens (primary N) is 2. The van der Waals surface area contributed by atoms with E-state index in [-0.39, 0.29) is 55.2 Å². The Morgan fingerprint density at radius 2 is 1.55 bits per heavy atom. The molecular formula is C30H30Cl4N6. The number of imidazole rings is 1. The molecule has 40 heavy (non-hydrogen) atoms. The summed E-state index contributed by atoms with van der Waals surface area (Å²) in [5, 5.41) is 3.52. The van der Waals surface area contributed by atoms with Crippen LogP contribution in [0.3, 0.4) is 0 Å². The molecule has 2 aliphatic rings. The van der Waals surface area contributed by atoms with Crippen molar-refractivity contribution in [2.75, 3.05) is 11.1 Å². The number of nitrogens with zero attached hydrogens (tertiary/aromatic N) is 3. The lowest BCUT2D eigenvalue weighted by Crippen LogP contribution is -2.43. The third kappa shape index (κ3) is 5.02. The summed E-state index contributed by atoms with van der Waals surface area (Å²) in [5.74, 6) is 1.64. The molecule has 208 valence electrons. The second-order valence-electron chi connectivity index (χ2n) is 9.72. The van der Waals surface area contributed by atoms with Gasteiger partial charge in [0.2, 0.25) is 0 Å². The van der Waals surface area contributed by atoms with Crippen molar-refractivity contribution in [3.8, 4) is 39.6 Å². The third-order valence-electron chi connectivity index (χ3n) is 7.46. The average Bonchev–Trinajstić information content (AvgIpc) is 3.22. The van der Waals surface area contributed by atoms with Crippen molar-refractivity contribution < 1.29 is 0 Å². The number of hydrogen-bond acceptors (Lipinski definition) is 5. The maximum atomic E-state index is 6.63. The van der Waals surface area contributed by atoms with Crippen LogP contribution in [0.15, 0.2) is 91.1 Å². The predicted molar refractivity (Wildman–Crippen MR) is 174 cm³/mol. The fourth-order valence-electron chi connectivity index (χ4n) is 5.38. The number of halogens is 4. The highest BCUT2D eigenvalue weighted by Gasteiger charge is 2.34. The van der Waals surface area contributed by atoms with Gasteiger partial charge in [0.15, 0.2) is 5.82 Å². The van der Waals surface area contributed by atoms with E-state index >= 15 is 0 Å². The summed E-state index contributed by atoms with van der Waals surface area (Å²) in [6.45, 7) is 0. The summed E-state index contributed by atoms with van der Waals surface area (Å²) < 4.78 is 2.22. The van der Waals surface area contributed by atoms with Crippen LogP contribution in [0, 0.1) is 0 Å². The van der Waals surface area contributed by atoms with Gasteiger partial charge < -0.3 is 16.8 Å². The normalized spacial score (nSPS) is 13.5. The highest BCUT2D eigenvalue weighted by atomic mass is 35.5. The monoisotopic (exact) mass is 614 g/mol. The van der Waals surface area contributed by atoms with Crippen molar-refractivity contribution in [1.82, 2.24) is 14.5 Å². The molecule has 0 bridgehead atoms. The Hall–Kier alpha value is -3.26. The van der Waals surface area contributed by atoms with Gasteiger partial charge in [0, 0.05) is 34.1 Å². The number of hydrogen-bond donors (Lipinski definition) is 3. The smallest absolute Gasteiger partial charge is 0.154 e. The van der Waals surface area contributed by atoms with Crippen LogP contribution in [0.25, 0.3) is 39.6 Å². The molecule has 10 heteroatoms. The van der Waals surface area contributed by atoms with Crippen molar-refractivity contribution in [3.63, 3.8) is 0 Å². The summed E-state index contributed by atoms with van der Waals surface area (Å²) >= 11 is 0. The molecule has 0 amide bonds. The number of benzene rings is 3. The molecule has 1 aliphatic heterocycles. The van der Waals surface area contributed by atoms with Crippen LogP contribution in [0.1, 0.15) is 24.8 Å². The molecular weight excluding hydrogens is 586 g/mol. The SMILES string of the molecule is Cl.Cl.Cl.Cl.Nc1cccc(-c2nc3n(c2-c2ccc(C4(N)CCC4)cc2)-c2cccnc2Nc2ccccc2-3)c1. The fraction of sp³-hybridized carbons (Fsp3) is 0.133. The van der Waals surface area contributed by atoms with Crippen LogP contribution in [-0.4, -0.2) is 14.5 Å². The van der Waals surface area contributed by atoms with Gasteiger partial charge in [-0.25, -0.2) is 9.97 Å². The molecule has 0 radical (unpaired) electrons. The van der Waals surface area contributed by atoms with Gasteiger partial charge in [-0.3, -0.25) is 4.57 Å². The molecule has 0 saturated heterocycles. The third-order valence-corrected chi connectivity index (χ3v) is 7.46. The lowest BCUT2D eigenvalue weighted by molar-refractivity contribution is 0.253. The molecule has 5 N–H and O–H groups in total. The first kappa shape index (κ1) is 31.3. The van der Waals surface area contributed by atoms with E-state index in [0.717, 1.165) is 63.9 Å². The van der Waals surface area contributed by atoms with Gasteiger partial charge in [0.1, 0.15) is 5.82 Å². The lowest BCUT2D eigenvalue weighted by Gasteiger charge is -2.38. The zero-order valence-corrected chi connectivity index (χ0v) is 24.7. The zero-order chi connectivity index (χ0) is 24.3. The standard InChI is InChI=1S/C30H26N6.4ClH/c31-22-7-3-6-20(18-22)26-27(19-11-13-21(14-12-19)30(32)15-5-16-30)36-25-10-4-17-33-28(25)34-24-9-2-1-8-23(24)29(36)35-26;;;;/h1-4,6-14,17-18H,5,15-16,31-32H2,(H,33,34);4*1H. The van der Waals surface area contributed by atoms with Crippen LogP contribution in [0.5, 0.6) is 0 Å². The Morgan fingerprint density at radius 1 is 0.800 bits per heavy atom. The van der Waals surface area contributed by atoms with Crippen LogP contribution in [0.4, 0.5) is 17.2 Å². The topological polar surface area (TPSA) is 94.8 Å². The van der Waals surface area contributed by atoms with Crippen LogP contribution >= 0.6 is 49.6 Å². The van der Waals surface area contributed by atoms with E-state index in [9.17, 15) is 0 Å². The first-order valence-electron chi connectivity index (χ1n) is 12.3. The Morgan fingerprint density at radius 3 is 2.25 bits per heavy atom. The molecule has 0 atom stereocenters. The minimum absolute atomic E-state index is 0. The molecule has 5 aromatic rings. The second-order valence-corrected chi connectivity index (χ2v) is 9.72. The molecule has 6 nitrogen and oxygen atoms in total. The highest BCUT2D eigenvalue weighted by Crippen LogP contribution is 2.45. The minimum Gasteiger partial charge on any atom is -0.399 e. The molecule has 7 rings (SSSR count). The Balaban J connectivity index is 0.00000110. The Labute approximate surface area is 258 Å². The quantitative estimate of drug-likeness (QED) is 0.176. The van der Waals surface area contributed by atoms with Gasteiger partial charge in [-0.15, -0.1) is 49.6 Å². The fourth-order valence-corrected chi connectivity index (χ4v) is 5.38. The van der Waals surface area contributed by atoms with E-state index in [1.54, 1.807) is 0 Å². The average molecular weight is 616 g/mol. The zero-order valence-electron chi connectivity index (χ0n) is 21.4. The van der Waals surface area contributed by atoms with E-state index in [2.05, 4.69) is 63.4 Å². The molecule has 2 aromatic heterocycles. The van der Waals surface area contributed by atoms with Crippen LogP contribution < -0.4 is 16.8 Å². The molecule has 1 fully saturated rings. The van der Waals surface area contributed by atoms with Gasteiger partial charge in [0.05, 0.1) is 22.8 Å². The van der Waals surface area contributed by atoms with Gasteiger partial charge in [-0.1, -0.05) is 48.5 Å². The van der Waals surface area contributed by atoms with E-state index in [1.807, 2.05) is 42.6 Å². The van der Waals surface area contributed by atoms with Crippen molar-refractivity contribution >= 4 is 66.8 Å². The summed E-state index contributed by atoms with van der Waals surface area (Å²) in [7, 11) is 0. The van der Waals surface area contributed by atoms with E-state index in [0.29, 0.717) is 5.69 Å². The maximum Gasteiger partial charge on any atom is 0.154 e. The van der Waals surface area contributed by atoms with Crippen molar-refractivity contribution in [2.24, 2.45) is 5.73 Å². The number of fused-ring (bicyclic) bond motifs is 5. The first-order valence-corrected chi connectivity index (χ1v) is 12.3. The van der Waals surface area contributed by atoms with E-state index < -0.39 is 0 Å². The molecule has 1 aliphatic carbocycles. The highest BCUT2D eigenvalue weighted by molar-refractivity contribution is 5.91. The second kappa shape index (κ2) is 12.1. The molecule has 0 spiro atoms. The van der Waals surface area contributed by atoms with E-state index in [4.69, 9.17) is 16.5 Å². The number of nitrogens with one attached hydrogen (secondary N) is 1. The summed E-state index contributed by atoms with van der Waals surface area (Å²) in [6.07, 6.45) is 5.06. The molecule has 3 heterocycles. The van der Waals surface area contributed by atoms with E-state index in [1.165, 1.54) is 12.0 Å². The van der Waals surface area contributed by atoms with Gasteiger partial charge in [-0.2, -0.15) is 0 Å². The van der Waals surface area contributed by atoms with Crippen molar-refractivity contribution in [1.29, 1.82) is 0 Å². The first-order chi connectivity index (χ1) is 17.6. The summed E-state index contributed by atoms with van der Waals surface area (Å²) in [4.78, 5) is 9.93.